The molecule has 1 heterocycles. The van der Waals surface area contributed by atoms with Crippen LogP contribution in [0.4, 0.5) is 5.13 Å². The maximum atomic E-state index is 12.2. The Morgan fingerprint density at radius 2 is 1.96 bits per heavy atom. The van der Waals surface area contributed by atoms with Gasteiger partial charge in [-0.3, -0.25) is 9.59 Å². The monoisotopic (exact) mass is 334 g/mol. The van der Waals surface area contributed by atoms with Gasteiger partial charge in [0.05, 0.1) is 19.6 Å². The van der Waals surface area contributed by atoms with Crippen LogP contribution in [0.3, 0.4) is 0 Å². The van der Waals surface area contributed by atoms with Gasteiger partial charge in [0, 0.05) is 6.92 Å². The molecular formula is C15H18N4O3S. The van der Waals surface area contributed by atoms with Crippen molar-refractivity contribution in [2.45, 2.75) is 26.3 Å². The second-order valence-corrected chi connectivity index (χ2v) is 6.09. The fraction of sp³-hybridized carbons (Fsp3) is 0.333. The molecule has 7 nitrogen and oxygen atoms in total. The number of hydrogen-bond donors (Lipinski definition) is 2. The summed E-state index contributed by atoms with van der Waals surface area (Å²) in [5.41, 5.74) is 0.824. The molecule has 0 aliphatic carbocycles. The van der Waals surface area contributed by atoms with Gasteiger partial charge in [0.25, 0.3) is 0 Å². The van der Waals surface area contributed by atoms with Gasteiger partial charge in [-0.25, -0.2) is 0 Å². The van der Waals surface area contributed by atoms with Crippen LogP contribution >= 0.6 is 11.3 Å². The number of anilines is 1. The van der Waals surface area contributed by atoms with Crippen LogP contribution in [0.15, 0.2) is 24.3 Å². The molecule has 23 heavy (non-hydrogen) atoms. The van der Waals surface area contributed by atoms with Crippen LogP contribution in [0.2, 0.25) is 0 Å². The summed E-state index contributed by atoms with van der Waals surface area (Å²) in [6, 6.07) is 6.79. The predicted octanol–water partition coefficient (Wildman–Crippen LogP) is 2.06. The largest absolute Gasteiger partial charge is 0.497 e. The van der Waals surface area contributed by atoms with E-state index < -0.39 is 6.04 Å². The number of aryl methyl sites for hydroxylation is 1. The standard InChI is InChI=1S/C15H18N4O3S/c1-9(20)16-13(11-4-6-12(22-3)7-5-11)8-14(21)17-15-19-18-10(2)23-15/h4-7,13H,8H2,1-3H3,(H,16,20)(H,17,19,21). The molecule has 2 N–H and O–H groups in total. The van der Waals surface area contributed by atoms with Gasteiger partial charge in [0.1, 0.15) is 10.8 Å². The van der Waals surface area contributed by atoms with E-state index >= 15 is 0 Å². The van der Waals surface area contributed by atoms with E-state index in [1.807, 2.05) is 19.1 Å². The molecule has 8 heteroatoms. The molecule has 0 aliphatic heterocycles. The molecule has 0 bridgehead atoms. The van der Waals surface area contributed by atoms with E-state index in [2.05, 4.69) is 20.8 Å². The predicted molar refractivity (Wildman–Crippen MR) is 87.4 cm³/mol. The van der Waals surface area contributed by atoms with Crippen molar-refractivity contribution < 1.29 is 14.3 Å². The molecule has 0 saturated heterocycles. The third kappa shape index (κ3) is 5.03. The van der Waals surface area contributed by atoms with Crippen molar-refractivity contribution in [3.63, 3.8) is 0 Å². The molecular weight excluding hydrogens is 316 g/mol. The number of carbonyl (C=O) groups excluding carboxylic acids is 2. The number of nitrogens with zero attached hydrogens (tertiary/aromatic N) is 2. The lowest BCUT2D eigenvalue weighted by Gasteiger charge is -2.18. The Morgan fingerprint density at radius 3 is 2.48 bits per heavy atom. The van der Waals surface area contributed by atoms with Gasteiger partial charge in [-0.05, 0) is 24.6 Å². The Labute approximate surface area is 138 Å². The zero-order valence-electron chi connectivity index (χ0n) is 13.1. The van der Waals surface area contributed by atoms with Crippen LogP contribution in [0, 0.1) is 6.92 Å². The molecule has 1 aromatic heterocycles. The molecule has 0 aliphatic rings. The third-order valence-corrected chi connectivity index (χ3v) is 3.81. The van der Waals surface area contributed by atoms with Crippen molar-refractivity contribution in [2.24, 2.45) is 0 Å². The van der Waals surface area contributed by atoms with E-state index in [0.29, 0.717) is 10.9 Å². The SMILES string of the molecule is COc1ccc(C(CC(=O)Nc2nnc(C)s2)NC(C)=O)cc1. The van der Waals surface area contributed by atoms with Gasteiger partial charge in [-0.1, -0.05) is 23.5 Å². The second kappa shape index (κ2) is 7.68. The van der Waals surface area contributed by atoms with Crippen molar-refractivity contribution >= 4 is 28.3 Å². The summed E-state index contributed by atoms with van der Waals surface area (Å²) < 4.78 is 5.11. The van der Waals surface area contributed by atoms with E-state index in [4.69, 9.17) is 4.74 Å². The van der Waals surface area contributed by atoms with Crippen LogP contribution in [-0.4, -0.2) is 29.1 Å². The summed E-state index contributed by atoms with van der Waals surface area (Å²) in [7, 11) is 1.58. The molecule has 0 fully saturated rings. The first-order valence-corrected chi connectivity index (χ1v) is 7.80. The van der Waals surface area contributed by atoms with E-state index in [0.717, 1.165) is 10.6 Å². The fourth-order valence-electron chi connectivity index (χ4n) is 2.04. The highest BCUT2D eigenvalue weighted by Gasteiger charge is 2.18. The first-order valence-electron chi connectivity index (χ1n) is 6.99. The first kappa shape index (κ1) is 16.9. The summed E-state index contributed by atoms with van der Waals surface area (Å²) in [6.07, 6.45) is 0.102. The van der Waals surface area contributed by atoms with Gasteiger partial charge in [-0.2, -0.15) is 0 Å². The minimum atomic E-state index is -0.424. The molecule has 0 radical (unpaired) electrons. The normalized spacial score (nSPS) is 11.6. The van der Waals surface area contributed by atoms with Gasteiger partial charge in [-0.15, -0.1) is 10.2 Å². The summed E-state index contributed by atoms with van der Waals surface area (Å²) in [5, 5.41) is 14.4. The number of benzene rings is 1. The highest BCUT2D eigenvalue weighted by atomic mass is 32.1. The van der Waals surface area contributed by atoms with Crippen molar-refractivity contribution in [1.29, 1.82) is 0 Å². The van der Waals surface area contributed by atoms with E-state index in [1.165, 1.54) is 18.3 Å². The van der Waals surface area contributed by atoms with E-state index in [9.17, 15) is 9.59 Å². The quantitative estimate of drug-likeness (QED) is 0.843. The first-order chi connectivity index (χ1) is 11.0. The number of aromatic nitrogens is 2. The lowest BCUT2D eigenvalue weighted by atomic mass is 10.0. The van der Waals surface area contributed by atoms with Crippen LogP contribution in [-0.2, 0) is 9.59 Å². The number of carbonyl (C=O) groups is 2. The van der Waals surface area contributed by atoms with Crippen molar-refractivity contribution in [3.05, 3.63) is 34.8 Å². The van der Waals surface area contributed by atoms with Crippen molar-refractivity contribution in [1.82, 2.24) is 15.5 Å². The molecule has 122 valence electrons. The lowest BCUT2D eigenvalue weighted by molar-refractivity contribution is -0.120. The summed E-state index contributed by atoms with van der Waals surface area (Å²) in [5.74, 6) is 0.269. The van der Waals surface area contributed by atoms with Gasteiger partial charge >= 0.3 is 0 Å². The molecule has 2 rings (SSSR count). The number of hydrogen-bond acceptors (Lipinski definition) is 6. The smallest absolute Gasteiger partial charge is 0.228 e. The molecule has 1 atom stereocenters. The Bertz CT molecular complexity index is 684. The molecule has 2 amide bonds. The van der Waals surface area contributed by atoms with Crippen molar-refractivity contribution in [3.8, 4) is 5.75 Å². The number of nitrogens with one attached hydrogen (secondary N) is 2. The van der Waals surface area contributed by atoms with Gasteiger partial charge in [0.2, 0.25) is 16.9 Å². The highest BCUT2D eigenvalue weighted by Crippen LogP contribution is 2.22. The molecule has 0 spiro atoms. The Balaban J connectivity index is 2.07. The Kier molecular flexibility index (Phi) is 5.64. The number of ether oxygens (including phenoxy) is 1. The van der Waals surface area contributed by atoms with Gasteiger partial charge < -0.3 is 15.4 Å². The minimum Gasteiger partial charge on any atom is -0.497 e. The zero-order chi connectivity index (χ0) is 16.8. The molecule has 1 aromatic carbocycles. The fourth-order valence-corrected chi connectivity index (χ4v) is 2.64. The van der Waals surface area contributed by atoms with Crippen molar-refractivity contribution in [2.75, 3.05) is 12.4 Å². The maximum Gasteiger partial charge on any atom is 0.228 e. The summed E-state index contributed by atoms with van der Waals surface area (Å²) >= 11 is 1.30. The minimum absolute atomic E-state index is 0.102. The van der Waals surface area contributed by atoms with E-state index in [1.54, 1.807) is 19.2 Å². The average Bonchev–Trinajstić information content (AvgIpc) is 2.91. The number of amides is 2. The average molecular weight is 334 g/mol. The highest BCUT2D eigenvalue weighted by molar-refractivity contribution is 7.15. The summed E-state index contributed by atoms with van der Waals surface area (Å²) in [6.45, 7) is 3.23. The molecule has 1 unspecified atom stereocenters. The molecule has 2 aromatic rings. The number of rotatable bonds is 6. The number of methoxy groups -OCH3 is 1. The van der Waals surface area contributed by atoms with Crippen LogP contribution in [0.5, 0.6) is 5.75 Å². The second-order valence-electron chi connectivity index (χ2n) is 4.90. The third-order valence-electron chi connectivity index (χ3n) is 3.06. The maximum absolute atomic E-state index is 12.2. The van der Waals surface area contributed by atoms with Crippen LogP contribution in [0.25, 0.3) is 0 Å². The lowest BCUT2D eigenvalue weighted by Crippen LogP contribution is -2.29. The Morgan fingerprint density at radius 1 is 1.26 bits per heavy atom. The van der Waals surface area contributed by atoms with Gasteiger partial charge in [0.15, 0.2) is 0 Å². The van der Waals surface area contributed by atoms with Crippen LogP contribution in [0.1, 0.15) is 30.0 Å². The topological polar surface area (TPSA) is 93.2 Å². The Hall–Kier alpha value is -2.48. The van der Waals surface area contributed by atoms with E-state index in [-0.39, 0.29) is 18.2 Å². The van der Waals surface area contributed by atoms with Crippen LogP contribution < -0.4 is 15.4 Å². The summed E-state index contributed by atoms with van der Waals surface area (Å²) in [4.78, 5) is 23.6. The molecule has 0 saturated carbocycles. The zero-order valence-corrected chi connectivity index (χ0v) is 13.9.